The number of nitrogens with one attached hydrogen (secondary N) is 2. The van der Waals surface area contributed by atoms with E-state index in [0.29, 0.717) is 17.1 Å². The molecule has 1 amide bonds. The molecule has 3 atom stereocenters. The molecule has 3 unspecified atom stereocenters. The summed E-state index contributed by atoms with van der Waals surface area (Å²) in [5.41, 5.74) is 0.539. The van der Waals surface area contributed by atoms with Gasteiger partial charge in [0.25, 0.3) is 5.91 Å². The van der Waals surface area contributed by atoms with Gasteiger partial charge in [0, 0.05) is 13.1 Å². The standard InChI is InChI=1S/C17H21ClN2O/c18-16-4-2-1-3-15(16)17(21)20-8-7-19-11-14-10-12-5-6-13(14)9-12/h1-6,12-14,19H,7-11H2,(H,20,21). The van der Waals surface area contributed by atoms with E-state index in [-0.39, 0.29) is 5.91 Å². The molecule has 0 spiro atoms. The van der Waals surface area contributed by atoms with Gasteiger partial charge in [0.2, 0.25) is 0 Å². The Hall–Kier alpha value is -1.32. The van der Waals surface area contributed by atoms with Crippen molar-refractivity contribution in [2.24, 2.45) is 17.8 Å². The smallest absolute Gasteiger partial charge is 0.252 e. The van der Waals surface area contributed by atoms with Crippen LogP contribution in [0.15, 0.2) is 36.4 Å². The molecule has 4 heteroatoms. The van der Waals surface area contributed by atoms with Crippen LogP contribution in [-0.2, 0) is 0 Å². The van der Waals surface area contributed by atoms with E-state index >= 15 is 0 Å². The largest absolute Gasteiger partial charge is 0.351 e. The molecule has 0 aromatic heterocycles. The normalized spacial score (nSPS) is 26.2. The number of hydrogen-bond donors (Lipinski definition) is 2. The Kier molecular flexibility index (Phi) is 4.61. The van der Waals surface area contributed by atoms with E-state index in [2.05, 4.69) is 22.8 Å². The number of allylic oxidation sites excluding steroid dienone is 2. The second-order valence-corrected chi connectivity index (χ2v) is 6.39. The van der Waals surface area contributed by atoms with Crippen molar-refractivity contribution in [3.8, 4) is 0 Å². The van der Waals surface area contributed by atoms with Gasteiger partial charge in [-0.05, 0) is 49.3 Å². The quantitative estimate of drug-likeness (QED) is 0.627. The Morgan fingerprint density at radius 3 is 2.76 bits per heavy atom. The van der Waals surface area contributed by atoms with Crippen LogP contribution >= 0.6 is 11.6 Å². The van der Waals surface area contributed by atoms with Crippen LogP contribution in [0.5, 0.6) is 0 Å². The van der Waals surface area contributed by atoms with Crippen LogP contribution < -0.4 is 10.6 Å². The average molecular weight is 305 g/mol. The number of carbonyl (C=O) groups is 1. The van der Waals surface area contributed by atoms with Gasteiger partial charge < -0.3 is 10.6 Å². The van der Waals surface area contributed by atoms with Crippen molar-refractivity contribution in [3.63, 3.8) is 0 Å². The van der Waals surface area contributed by atoms with Crippen LogP contribution in [-0.4, -0.2) is 25.5 Å². The lowest BCUT2D eigenvalue weighted by Gasteiger charge is -2.18. The van der Waals surface area contributed by atoms with E-state index in [1.165, 1.54) is 12.8 Å². The third-order valence-corrected chi connectivity index (χ3v) is 4.86. The fourth-order valence-electron chi connectivity index (χ4n) is 3.42. The molecule has 0 radical (unpaired) electrons. The molecule has 3 nitrogen and oxygen atoms in total. The van der Waals surface area contributed by atoms with Gasteiger partial charge in [0.15, 0.2) is 0 Å². The molecule has 0 saturated heterocycles. The van der Waals surface area contributed by atoms with Gasteiger partial charge in [-0.15, -0.1) is 0 Å². The summed E-state index contributed by atoms with van der Waals surface area (Å²) in [6.07, 6.45) is 7.40. The van der Waals surface area contributed by atoms with Gasteiger partial charge in [-0.3, -0.25) is 4.79 Å². The summed E-state index contributed by atoms with van der Waals surface area (Å²) in [5, 5.41) is 6.85. The molecular formula is C17H21ClN2O. The van der Waals surface area contributed by atoms with E-state index in [1.807, 2.05) is 12.1 Å². The predicted octanol–water partition coefficient (Wildman–Crippen LogP) is 2.87. The van der Waals surface area contributed by atoms with Gasteiger partial charge in [-0.25, -0.2) is 0 Å². The van der Waals surface area contributed by atoms with Crippen LogP contribution in [0.2, 0.25) is 5.02 Å². The molecule has 2 aliphatic rings. The molecular weight excluding hydrogens is 284 g/mol. The van der Waals surface area contributed by atoms with Crippen molar-refractivity contribution >= 4 is 17.5 Å². The van der Waals surface area contributed by atoms with Crippen molar-refractivity contribution in [3.05, 3.63) is 47.0 Å². The fourth-order valence-corrected chi connectivity index (χ4v) is 3.64. The monoisotopic (exact) mass is 304 g/mol. The predicted molar refractivity (Wildman–Crippen MR) is 85.5 cm³/mol. The molecule has 2 bridgehead atoms. The SMILES string of the molecule is O=C(NCCNCC1CC2C=CC1C2)c1ccccc1Cl. The first-order valence-corrected chi connectivity index (χ1v) is 8.03. The van der Waals surface area contributed by atoms with Crippen molar-refractivity contribution < 1.29 is 4.79 Å². The first-order chi connectivity index (χ1) is 10.2. The summed E-state index contributed by atoms with van der Waals surface area (Å²) < 4.78 is 0. The molecule has 0 heterocycles. The minimum atomic E-state index is -0.106. The molecule has 2 aliphatic carbocycles. The topological polar surface area (TPSA) is 41.1 Å². The zero-order chi connectivity index (χ0) is 14.7. The van der Waals surface area contributed by atoms with E-state index in [9.17, 15) is 4.79 Å². The third-order valence-electron chi connectivity index (χ3n) is 4.53. The molecule has 1 saturated carbocycles. The number of benzene rings is 1. The maximum Gasteiger partial charge on any atom is 0.252 e. The van der Waals surface area contributed by atoms with E-state index in [0.717, 1.165) is 30.8 Å². The second-order valence-electron chi connectivity index (χ2n) is 5.98. The zero-order valence-corrected chi connectivity index (χ0v) is 12.8. The Balaban J connectivity index is 1.34. The van der Waals surface area contributed by atoms with Crippen LogP contribution in [0.3, 0.4) is 0 Å². The lowest BCUT2D eigenvalue weighted by atomic mass is 9.94. The van der Waals surface area contributed by atoms with Crippen molar-refractivity contribution in [2.45, 2.75) is 12.8 Å². The minimum Gasteiger partial charge on any atom is -0.351 e. The number of amides is 1. The summed E-state index contributed by atoms with van der Waals surface area (Å²) in [7, 11) is 0. The van der Waals surface area contributed by atoms with Gasteiger partial charge in [0.1, 0.15) is 0 Å². The van der Waals surface area contributed by atoms with E-state index < -0.39 is 0 Å². The maximum atomic E-state index is 12.0. The Morgan fingerprint density at radius 2 is 2.05 bits per heavy atom. The fraction of sp³-hybridized carbons (Fsp3) is 0.471. The molecule has 3 rings (SSSR count). The molecule has 0 aliphatic heterocycles. The summed E-state index contributed by atoms with van der Waals surface area (Å²) in [4.78, 5) is 12.0. The number of hydrogen-bond acceptors (Lipinski definition) is 2. The second kappa shape index (κ2) is 6.63. The Morgan fingerprint density at radius 1 is 1.19 bits per heavy atom. The molecule has 112 valence electrons. The average Bonchev–Trinajstić information content (AvgIpc) is 3.10. The Bertz CT molecular complexity index is 543. The Labute approximate surface area is 130 Å². The minimum absolute atomic E-state index is 0.106. The first kappa shape index (κ1) is 14.6. The summed E-state index contributed by atoms with van der Waals surface area (Å²) in [6, 6.07) is 7.12. The highest BCUT2D eigenvalue weighted by atomic mass is 35.5. The maximum absolute atomic E-state index is 12.0. The number of carbonyl (C=O) groups excluding carboxylic acids is 1. The number of fused-ring (bicyclic) bond motifs is 2. The van der Waals surface area contributed by atoms with E-state index in [4.69, 9.17) is 11.6 Å². The summed E-state index contributed by atoms with van der Waals surface area (Å²) in [6.45, 7) is 2.47. The molecule has 21 heavy (non-hydrogen) atoms. The third kappa shape index (κ3) is 3.47. The summed E-state index contributed by atoms with van der Waals surface area (Å²) in [5.74, 6) is 2.27. The van der Waals surface area contributed by atoms with Crippen LogP contribution in [0.1, 0.15) is 23.2 Å². The van der Waals surface area contributed by atoms with Gasteiger partial charge in [-0.1, -0.05) is 35.9 Å². The van der Waals surface area contributed by atoms with Crippen LogP contribution in [0.4, 0.5) is 0 Å². The lowest BCUT2D eigenvalue weighted by molar-refractivity contribution is 0.0954. The number of rotatable bonds is 6. The highest BCUT2D eigenvalue weighted by molar-refractivity contribution is 6.33. The zero-order valence-electron chi connectivity index (χ0n) is 12.0. The van der Waals surface area contributed by atoms with Gasteiger partial charge in [-0.2, -0.15) is 0 Å². The van der Waals surface area contributed by atoms with E-state index in [1.54, 1.807) is 12.1 Å². The molecule has 2 N–H and O–H groups in total. The van der Waals surface area contributed by atoms with Crippen molar-refractivity contribution in [1.82, 2.24) is 10.6 Å². The summed E-state index contributed by atoms with van der Waals surface area (Å²) >= 11 is 6.00. The van der Waals surface area contributed by atoms with Crippen LogP contribution in [0, 0.1) is 17.8 Å². The van der Waals surface area contributed by atoms with Crippen LogP contribution in [0.25, 0.3) is 0 Å². The highest BCUT2D eigenvalue weighted by Crippen LogP contribution is 2.42. The first-order valence-electron chi connectivity index (χ1n) is 7.66. The molecule has 1 aromatic rings. The van der Waals surface area contributed by atoms with Gasteiger partial charge in [0.05, 0.1) is 10.6 Å². The highest BCUT2D eigenvalue weighted by Gasteiger charge is 2.34. The number of halogens is 1. The lowest BCUT2D eigenvalue weighted by Crippen LogP contribution is -2.34. The molecule has 1 fully saturated rings. The van der Waals surface area contributed by atoms with Crippen molar-refractivity contribution in [2.75, 3.05) is 19.6 Å². The van der Waals surface area contributed by atoms with Crippen molar-refractivity contribution in [1.29, 1.82) is 0 Å². The molecule has 1 aromatic carbocycles. The van der Waals surface area contributed by atoms with Gasteiger partial charge >= 0.3 is 0 Å².